The highest BCUT2D eigenvalue weighted by Crippen LogP contribution is 2.25. The van der Waals surface area contributed by atoms with Gasteiger partial charge >= 0.3 is 0 Å². The maximum Gasteiger partial charge on any atom is 0.0436 e. The van der Waals surface area contributed by atoms with E-state index in [2.05, 4.69) is 17.5 Å². The summed E-state index contributed by atoms with van der Waals surface area (Å²) in [5.74, 6) is 0.696. The van der Waals surface area contributed by atoms with Crippen molar-refractivity contribution in [3.8, 4) is 0 Å². The van der Waals surface area contributed by atoms with E-state index in [0.717, 1.165) is 6.42 Å². The maximum atomic E-state index is 5.80. The smallest absolute Gasteiger partial charge is 0.0436 e. The molecule has 0 bridgehead atoms. The van der Waals surface area contributed by atoms with Crippen LogP contribution in [-0.2, 0) is 0 Å². The minimum Gasteiger partial charge on any atom is -0.310 e. The predicted molar refractivity (Wildman–Crippen MR) is 61.8 cm³/mol. The van der Waals surface area contributed by atoms with Gasteiger partial charge in [-0.2, -0.15) is 0 Å². The van der Waals surface area contributed by atoms with E-state index in [0.29, 0.717) is 11.9 Å². The number of hydrogen-bond donors (Lipinski definition) is 1. The second-order valence-corrected chi connectivity index (χ2v) is 4.47. The van der Waals surface area contributed by atoms with Gasteiger partial charge in [0.25, 0.3) is 0 Å². The molecule has 14 heavy (non-hydrogen) atoms. The number of nitrogens with one attached hydrogen (secondary N) is 1. The molecule has 1 nitrogen and oxygen atoms in total. The molecule has 1 saturated heterocycles. The van der Waals surface area contributed by atoms with Gasteiger partial charge in [-0.25, -0.2) is 0 Å². The molecule has 1 atom stereocenters. The van der Waals surface area contributed by atoms with Crippen LogP contribution in [0, 0.1) is 0 Å². The fraction of sp³-hybridized carbons (Fsp3) is 0.667. The molecule has 1 aliphatic carbocycles. The van der Waals surface area contributed by atoms with Gasteiger partial charge in [0.05, 0.1) is 0 Å². The Morgan fingerprint density at radius 2 is 2.21 bits per heavy atom. The van der Waals surface area contributed by atoms with E-state index in [1.165, 1.54) is 37.8 Å². The molecular weight excluding hydrogens is 194 g/mol. The summed E-state index contributed by atoms with van der Waals surface area (Å²) in [6.45, 7) is 1.19. The van der Waals surface area contributed by atoms with Crippen LogP contribution < -0.4 is 5.32 Å². The van der Waals surface area contributed by atoms with Crippen LogP contribution in [0.1, 0.15) is 32.1 Å². The van der Waals surface area contributed by atoms with Crippen molar-refractivity contribution in [1.29, 1.82) is 0 Å². The van der Waals surface area contributed by atoms with Crippen molar-refractivity contribution in [2.24, 2.45) is 0 Å². The minimum absolute atomic E-state index is 0.650. The summed E-state index contributed by atoms with van der Waals surface area (Å²) in [5.41, 5.74) is 2.96. The first kappa shape index (κ1) is 10.3. The molecule has 2 aliphatic rings. The molecule has 0 radical (unpaired) electrons. The Labute approximate surface area is 91.2 Å². The second kappa shape index (κ2) is 4.99. The summed E-state index contributed by atoms with van der Waals surface area (Å²) in [6.07, 6.45) is 10.9. The number of alkyl halides is 1. The molecule has 0 spiro atoms. The highest BCUT2D eigenvalue weighted by Gasteiger charge is 2.18. The van der Waals surface area contributed by atoms with Gasteiger partial charge in [0.15, 0.2) is 0 Å². The molecule has 1 unspecified atom stereocenters. The van der Waals surface area contributed by atoms with Crippen LogP contribution in [0.2, 0.25) is 0 Å². The summed E-state index contributed by atoms with van der Waals surface area (Å²) in [4.78, 5) is 0. The van der Waals surface area contributed by atoms with Crippen molar-refractivity contribution in [1.82, 2.24) is 5.32 Å². The molecule has 2 heteroatoms. The first-order valence-corrected chi connectivity index (χ1v) is 6.11. The maximum absolute atomic E-state index is 5.80. The van der Waals surface area contributed by atoms with Crippen molar-refractivity contribution in [3.05, 3.63) is 23.3 Å². The predicted octanol–water partition coefficient (Wildman–Crippen LogP) is 3.01. The Balaban J connectivity index is 1.97. The number of rotatable bonds is 2. The number of piperidine rings is 1. The lowest BCUT2D eigenvalue weighted by molar-refractivity contribution is 0.431. The van der Waals surface area contributed by atoms with Crippen molar-refractivity contribution in [2.75, 3.05) is 12.4 Å². The Morgan fingerprint density at radius 1 is 1.29 bits per heavy atom. The molecule has 1 heterocycles. The molecule has 0 aromatic carbocycles. The monoisotopic (exact) mass is 211 g/mol. The van der Waals surface area contributed by atoms with Gasteiger partial charge in [0.2, 0.25) is 0 Å². The van der Waals surface area contributed by atoms with E-state index in [4.69, 9.17) is 11.6 Å². The van der Waals surface area contributed by atoms with Crippen LogP contribution >= 0.6 is 11.6 Å². The van der Waals surface area contributed by atoms with Crippen LogP contribution in [0.3, 0.4) is 0 Å². The third-order valence-electron chi connectivity index (χ3n) is 3.20. The largest absolute Gasteiger partial charge is 0.310 e. The van der Waals surface area contributed by atoms with Gasteiger partial charge in [-0.05, 0) is 32.2 Å². The molecule has 1 fully saturated rings. The Morgan fingerprint density at radius 3 is 2.79 bits per heavy atom. The summed E-state index contributed by atoms with van der Waals surface area (Å²) < 4.78 is 0. The topological polar surface area (TPSA) is 12.0 Å². The lowest BCUT2D eigenvalue weighted by Crippen LogP contribution is -2.35. The van der Waals surface area contributed by atoms with Crippen LogP contribution in [0.5, 0.6) is 0 Å². The van der Waals surface area contributed by atoms with Crippen molar-refractivity contribution in [2.45, 2.75) is 38.1 Å². The van der Waals surface area contributed by atoms with Gasteiger partial charge in [-0.15, -0.1) is 11.6 Å². The van der Waals surface area contributed by atoms with E-state index >= 15 is 0 Å². The van der Waals surface area contributed by atoms with Gasteiger partial charge in [0, 0.05) is 11.9 Å². The second-order valence-electron chi connectivity index (χ2n) is 4.20. The minimum atomic E-state index is 0.650. The van der Waals surface area contributed by atoms with E-state index in [1.54, 1.807) is 5.57 Å². The molecule has 0 aromatic rings. The Bertz CT molecular complexity index is 249. The van der Waals surface area contributed by atoms with E-state index < -0.39 is 0 Å². The molecule has 78 valence electrons. The first-order chi connectivity index (χ1) is 6.90. The number of halogens is 1. The molecule has 2 rings (SSSR count). The van der Waals surface area contributed by atoms with Crippen molar-refractivity contribution >= 4 is 11.6 Å². The van der Waals surface area contributed by atoms with E-state index in [9.17, 15) is 0 Å². The van der Waals surface area contributed by atoms with Crippen LogP contribution in [0.4, 0.5) is 0 Å². The van der Waals surface area contributed by atoms with Gasteiger partial charge in [-0.1, -0.05) is 29.7 Å². The highest BCUT2D eigenvalue weighted by atomic mass is 35.5. The summed E-state index contributed by atoms with van der Waals surface area (Å²) in [6, 6.07) is 0.650. The van der Waals surface area contributed by atoms with Crippen LogP contribution in [0.25, 0.3) is 0 Å². The summed E-state index contributed by atoms with van der Waals surface area (Å²) in [7, 11) is 0. The molecule has 0 saturated carbocycles. The summed E-state index contributed by atoms with van der Waals surface area (Å²) >= 11 is 5.80. The van der Waals surface area contributed by atoms with E-state index in [1.807, 2.05) is 0 Å². The van der Waals surface area contributed by atoms with Gasteiger partial charge in [0.1, 0.15) is 0 Å². The zero-order chi connectivity index (χ0) is 9.80. The number of allylic oxidation sites excluding steroid dienone is 3. The number of hydrogen-bond acceptors (Lipinski definition) is 1. The zero-order valence-electron chi connectivity index (χ0n) is 8.56. The molecule has 0 amide bonds. The molecular formula is C12H18ClN. The van der Waals surface area contributed by atoms with Crippen LogP contribution in [-0.4, -0.2) is 18.5 Å². The molecule has 1 aliphatic heterocycles. The SMILES string of the molecule is ClCC1=CC=C(C2CCCCN2)CC1. The lowest BCUT2D eigenvalue weighted by atomic mass is 9.90. The zero-order valence-corrected chi connectivity index (χ0v) is 9.32. The fourth-order valence-electron chi connectivity index (χ4n) is 2.27. The van der Waals surface area contributed by atoms with Crippen molar-refractivity contribution in [3.63, 3.8) is 0 Å². The van der Waals surface area contributed by atoms with Gasteiger partial charge in [-0.3, -0.25) is 0 Å². The van der Waals surface area contributed by atoms with E-state index in [-0.39, 0.29) is 0 Å². The average molecular weight is 212 g/mol. The normalized spacial score (nSPS) is 28.2. The fourth-order valence-corrected chi connectivity index (χ4v) is 2.49. The first-order valence-electron chi connectivity index (χ1n) is 5.58. The lowest BCUT2D eigenvalue weighted by Gasteiger charge is -2.27. The van der Waals surface area contributed by atoms with Crippen molar-refractivity contribution < 1.29 is 0 Å². The summed E-state index contributed by atoms with van der Waals surface area (Å²) in [5, 5.41) is 3.59. The molecule has 0 aromatic heterocycles. The third-order valence-corrected chi connectivity index (χ3v) is 3.54. The van der Waals surface area contributed by atoms with Gasteiger partial charge < -0.3 is 5.32 Å². The molecule has 1 N–H and O–H groups in total. The quantitative estimate of drug-likeness (QED) is 0.693. The Kier molecular flexibility index (Phi) is 3.66. The third kappa shape index (κ3) is 2.40. The highest BCUT2D eigenvalue weighted by molar-refractivity contribution is 6.19. The van der Waals surface area contributed by atoms with Crippen LogP contribution in [0.15, 0.2) is 23.3 Å². The average Bonchev–Trinajstić information content (AvgIpc) is 2.30. The Hall–Kier alpha value is -0.270. The standard InChI is InChI=1S/C12H18ClN/c13-9-10-4-6-11(7-5-10)12-3-1-2-8-14-12/h4,6,12,14H,1-3,5,7-9H2.